The van der Waals surface area contributed by atoms with E-state index in [0.29, 0.717) is 16.2 Å². The Bertz CT molecular complexity index is 936. The van der Waals surface area contributed by atoms with Gasteiger partial charge in [-0.25, -0.2) is 9.97 Å². The molecule has 0 saturated carbocycles. The number of hydrogen-bond donors (Lipinski definition) is 0. The minimum absolute atomic E-state index is 0.513. The van der Waals surface area contributed by atoms with Crippen molar-refractivity contribution in [2.24, 2.45) is 0 Å². The molecular weight excluding hydrogens is 260 g/mol. The van der Waals surface area contributed by atoms with Crippen LogP contribution in [-0.4, -0.2) is 20.2 Å². The average molecular weight is 267 g/mol. The van der Waals surface area contributed by atoms with E-state index in [-0.39, 0.29) is 0 Å². The van der Waals surface area contributed by atoms with Gasteiger partial charge in [-0.1, -0.05) is 29.8 Å². The molecule has 5 heteroatoms. The summed E-state index contributed by atoms with van der Waals surface area (Å²) >= 11 is 6.25. The Balaban J connectivity index is 2.29. The van der Waals surface area contributed by atoms with Crippen LogP contribution in [0.3, 0.4) is 0 Å². The molecule has 0 spiro atoms. The van der Waals surface area contributed by atoms with Crippen LogP contribution in [0.1, 0.15) is 0 Å². The summed E-state index contributed by atoms with van der Waals surface area (Å²) in [6, 6.07) is 13.2. The van der Waals surface area contributed by atoms with E-state index in [4.69, 9.17) is 11.6 Å². The van der Waals surface area contributed by atoms with Crippen LogP contribution >= 0.6 is 11.6 Å². The molecule has 0 atom stereocenters. The number of nitrogens with zero attached hydrogens (tertiary/aromatic N) is 4. The normalized spacial score (nSPS) is 11.4. The Labute approximate surface area is 113 Å². The first-order chi connectivity index (χ1) is 9.33. The highest BCUT2D eigenvalue weighted by Crippen LogP contribution is 2.27. The van der Waals surface area contributed by atoms with Crippen molar-refractivity contribution in [1.29, 1.82) is 0 Å². The van der Waals surface area contributed by atoms with E-state index >= 15 is 0 Å². The highest BCUT2D eigenvalue weighted by atomic mass is 35.5. The van der Waals surface area contributed by atoms with Crippen LogP contribution in [0.15, 0.2) is 42.5 Å². The fourth-order valence-corrected chi connectivity index (χ4v) is 2.42. The third kappa shape index (κ3) is 1.54. The number of rotatable bonds is 0. The summed E-state index contributed by atoms with van der Waals surface area (Å²) < 4.78 is 0. The lowest BCUT2D eigenvalue weighted by Crippen LogP contribution is -1.94. The van der Waals surface area contributed by atoms with Gasteiger partial charge >= 0.3 is 0 Å². The van der Waals surface area contributed by atoms with Gasteiger partial charge in [0.05, 0.1) is 27.0 Å². The molecule has 0 N–H and O–H groups in total. The van der Waals surface area contributed by atoms with Gasteiger partial charge in [0.1, 0.15) is 5.52 Å². The molecule has 0 aliphatic rings. The van der Waals surface area contributed by atoms with Gasteiger partial charge in [0.2, 0.25) is 5.65 Å². The molecule has 2 aromatic carbocycles. The maximum atomic E-state index is 6.25. The first kappa shape index (κ1) is 10.6. The molecule has 0 radical (unpaired) electrons. The molecule has 0 unspecified atom stereocenters. The van der Waals surface area contributed by atoms with Crippen LogP contribution in [0.2, 0.25) is 5.02 Å². The van der Waals surface area contributed by atoms with E-state index in [9.17, 15) is 0 Å². The smallest absolute Gasteiger partial charge is 0.201 e. The van der Waals surface area contributed by atoms with Gasteiger partial charge < -0.3 is 0 Å². The van der Waals surface area contributed by atoms with Gasteiger partial charge in [-0.3, -0.25) is 0 Å². The lowest BCUT2D eigenvalue weighted by atomic mass is 10.2. The van der Waals surface area contributed by atoms with Crippen LogP contribution in [0.4, 0.5) is 0 Å². The molecule has 0 fully saturated rings. The van der Waals surface area contributed by atoms with E-state index in [0.717, 1.165) is 21.9 Å². The van der Waals surface area contributed by atoms with E-state index in [2.05, 4.69) is 20.2 Å². The molecule has 2 aromatic heterocycles. The fourth-order valence-electron chi connectivity index (χ4n) is 2.16. The zero-order valence-corrected chi connectivity index (χ0v) is 10.5. The minimum atomic E-state index is 0.513. The van der Waals surface area contributed by atoms with Crippen molar-refractivity contribution >= 4 is 44.7 Å². The van der Waals surface area contributed by atoms with Crippen LogP contribution in [0, 0.1) is 0 Å². The van der Waals surface area contributed by atoms with Gasteiger partial charge in [-0.05, 0) is 24.3 Å². The monoisotopic (exact) mass is 266 g/mol. The van der Waals surface area contributed by atoms with E-state index in [1.807, 2.05) is 42.5 Å². The van der Waals surface area contributed by atoms with E-state index in [1.54, 1.807) is 0 Å². The van der Waals surface area contributed by atoms with Crippen molar-refractivity contribution in [2.45, 2.75) is 0 Å². The highest BCUT2D eigenvalue weighted by molar-refractivity contribution is 6.37. The zero-order valence-electron chi connectivity index (χ0n) is 9.71. The predicted octanol–water partition coefficient (Wildman–Crippen LogP) is 3.38. The molecule has 19 heavy (non-hydrogen) atoms. The summed E-state index contributed by atoms with van der Waals surface area (Å²) in [7, 11) is 0. The minimum Gasteiger partial charge on any atom is -0.242 e. The maximum Gasteiger partial charge on any atom is 0.201 e. The van der Waals surface area contributed by atoms with Crippen molar-refractivity contribution in [3.05, 3.63) is 47.5 Å². The first-order valence-corrected chi connectivity index (χ1v) is 6.18. The summed E-state index contributed by atoms with van der Waals surface area (Å²) in [6.45, 7) is 0. The van der Waals surface area contributed by atoms with Crippen molar-refractivity contribution in [1.82, 2.24) is 20.2 Å². The summed E-state index contributed by atoms with van der Waals surface area (Å²) in [6.07, 6.45) is 0. The maximum absolute atomic E-state index is 6.25. The van der Waals surface area contributed by atoms with Crippen molar-refractivity contribution < 1.29 is 0 Å². The van der Waals surface area contributed by atoms with Crippen molar-refractivity contribution in [3.63, 3.8) is 0 Å². The Hall–Kier alpha value is -2.33. The Morgan fingerprint density at radius 1 is 0.737 bits per heavy atom. The SMILES string of the molecule is Clc1cccc2nnc3nc4ccccc4nc3c12. The molecule has 0 bridgehead atoms. The standard InChI is InChI=1S/C14H7ClN4/c15-8-4-3-7-11-12(8)13-14(19-18-11)17-10-6-2-1-5-9(10)16-13/h1-7H. The summed E-state index contributed by atoms with van der Waals surface area (Å²) in [5.74, 6) is 0. The quantitative estimate of drug-likeness (QED) is 0.362. The van der Waals surface area contributed by atoms with Gasteiger partial charge in [-0.2, -0.15) is 0 Å². The molecule has 2 heterocycles. The zero-order chi connectivity index (χ0) is 12.8. The number of benzene rings is 2. The predicted molar refractivity (Wildman–Crippen MR) is 75.2 cm³/mol. The number of aromatic nitrogens is 4. The summed E-state index contributed by atoms with van der Waals surface area (Å²) in [5, 5.41) is 9.67. The second-order valence-electron chi connectivity index (χ2n) is 4.22. The van der Waals surface area contributed by atoms with Crippen LogP contribution in [-0.2, 0) is 0 Å². The molecule has 90 valence electrons. The summed E-state index contributed by atoms with van der Waals surface area (Å²) in [4.78, 5) is 9.09. The molecule has 4 rings (SSSR count). The number of halogens is 1. The average Bonchev–Trinajstić information content (AvgIpc) is 2.45. The Morgan fingerprint density at radius 2 is 1.47 bits per heavy atom. The number of fused-ring (bicyclic) bond motifs is 4. The number of para-hydroxylation sites is 2. The largest absolute Gasteiger partial charge is 0.242 e. The second-order valence-corrected chi connectivity index (χ2v) is 4.63. The topological polar surface area (TPSA) is 51.6 Å². The molecule has 0 aliphatic carbocycles. The van der Waals surface area contributed by atoms with Gasteiger partial charge in [0.25, 0.3) is 0 Å². The van der Waals surface area contributed by atoms with Crippen LogP contribution < -0.4 is 0 Å². The summed E-state index contributed by atoms with van der Waals surface area (Å²) in [5.41, 5.74) is 3.55. The second kappa shape index (κ2) is 3.83. The Kier molecular flexibility index (Phi) is 2.13. The number of hydrogen-bond acceptors (Lipinski definition) is 4. The highest BCUT2D eigenvalue weighted by Gasteiger charge is 2.10. The third-order valence-electron chi connectivity index (χ3n) is 3.03. The van der Waals surface area contributed by atoms with Crippen molar-refractivity contribution in [2.75, 3.05) is 0 Å². The molecule has 4 aromatic rings. The molecule has 0 aliphatic heterocycles. The van der Waals surface area contributed by atoms with Gasteiger partial charge in [0, 0.05) is 0 Å². The first-order valence-electron chi connectivity index (χ1n) is 5.80. The van der Waals surface area contributed by atoms with Gasteiger partial charge in [0.15, 0.2) is 0 Å². The molecular formula is C14H7ClN4. The van der Waals surface area contributed by atoms with E-state index in [1.165, 1.54) is 0 Å². The van der Waals surface area contributed by atoms with Crippen LogP contribution in [0.25, 0.3) is 33.1 Å². The lowest BCUT2D eigenvalue weighted by Gasteiger charge is -2.04. The van der Waals surface area contributed by atoms with Gasteiger partial charge in [-0.15, -0.1) is 10.2 Å². The van der Waals surface area contributed by atoms with Crippen LogP contribution in [0.5, 0.6) is 0 Å². The van der Waals surface area contributed by atoms with Crippen molar-refractivity contribution in [3.8, 4) is 0 Å². The molecule has 4 nitrogen and oxygen atoms in total. The molecule has 0 saturated heterocycles. The lowest BCUT2D eigenvalue weighted by molar-refractivity contribution is 1.09. The van der Waals surface area contributed by atoms with E-state index < -0.39 is 0 Å². The molecule has 0 amide bonds. The third-order valence-corrected chi connectivity index (χ3v) is 3.35. The fraction of sp³-hybridized carbons (Fsp3) is 0. The Morgan fingerprint density at radius 3 is 2.32 bits per heavy atom.